The molecule has 144 valence electrons. The third-order valence-electron chi connectivity index (χ3n) is 4.01. The highest BCUT2D eigenvalue weighted by Crippen LogP contribution is 2.34. The van der Waals surface area contributed by atoms with Crippen LogP contribution >= 0.6 is 35.0 Å². The van der Waals surface area contributed by atoms with Crippen molar-refractivity contribution in [1.29, 1.82) is 0 Å². The van der Waals surface area contributed by atoms with Gasteiger partial charge < -0.3 is 9.47 Å². The number of hydrogen-bond acceptors (Lipinski definition) is 3. The van der Waals surface area contributed by atoms with Crippen LogP contribution in [-0.4, -0.2) is 0 Å². The van der Waals surface area contributed by atoms with E-state index in [2.05, 4.69) is 0 Å². The van der Waals surface area contributed by atoms with E-state index in [1.54, 1.807) is 23.9 Å². The second-order valence-electron chi connectivity index (χ2n) is 6.11. The SMILES string of the molecule is Clc1ccccc1Oc1ccc(Sc2ccc(Oc3ccccc3Cl)cc2)cc1. The van der Waals surface area contributed by atoms with Gasteiger partial charge in [-0.1, -0.05) is 59.2 Å². The van der Waals surface area contributed by atoms with E-state index in [1.807, 2.05) is 84.9 Å². The van der Waals surface area contributed by atoms with Gasteiger partial charge in [-0.25, -0.2) is 0 Å². The van der Waals surface area contributed by atoms with Crippen LogP contribution in [0.4, 0.5) is 0 Å². The highest BCUT2D eigenvalue weighted by Gasteiger charge is 2.05. The molecule has 0 bridgehead atoms. The predicted molar refractivity (Wildman–Crippen MR) is 120 cm³/mol. The van der Waals surface area contributed by atoms with E-state index in [1.165, 1.54) is 0 Å². The lowest BCUT2D eigenvalue weighted by atomic mass is 10.3. The van der Waals surface area contributed by atoms with Crippen molar-refractivity contribution < 1.29 is 9.47 Å². The Bertz CT molecular complexity index is 1010. The lowest BCUT2D eigenvalue weighted by Crippen LogP contribution is -1.85. The van der Waals surface area contributed by atoms with Crippen molar-refractivity contribution in [3.8, 4) is 23.0 Å². The minimum Gasteiger partial charge on any atom is -0.456 e. The number of para-hydroxylation sites is 2. The maximum Gasteiger partial charge on any atom is 0.146 e. The average molecular weight is 439 g/mol. The van der Waals surface area contributed by atoms with Gasteiger partial charge in [-0.15, -0.1) is 0 Å². The summed E-state index contributed by atoms with van der Waals surface area (Å²) in [6.45, 7) is 0. The molecule has 29 heavy (non-hydrogen) atoms. The van der Waals surface area contributed by atoms with Crippen LogP contribution in [0.1, 0.15) is 0 Å². The van der Waals surface area contributed by atoms with Gasteiger partial charge in [0.25, 0.3) is 0 Å². The topological polar surface area (TPSA) is 18.5 Å². The zero-order valence-corrected chi connectivity index (χ0v) is 17.5. The molecule has 0 atom stereocenters. The summed E-state index contributed by atoms with van der Waals surface area (Å²) < 4.78 is 11.7. The minimum absolute atomic E-state index is 0.588. The first kappa shape index (κ1) is 19.7. The molecule has 0 amide bonds. The Hall–Kier alpha value is -2.59. The molecule has 0 radical (unpaired) electrons. The van der Waals surface area contributed by atoms with Gasteiger partial charge in [0.1, 0.15) is 23.0 Å². The summed E-state index contributed by atoms with van der Waals surface area (Å²) in [5, 5.41) is 1.18. The number of benzene rings is 4. The predicted octanol–water partition coefficient (Wildman–Crippen LogP) is 8.73. The Kier molecular flexibility index (Phi) is 6.30. The van der Waals surface area contributed by atoms with Crippen LogP contribution in [-0.2, 0) is 0 Å². The zero-order valence-electron chi connectivity index (χ0n) is 15.2. The van der Waals surface area contributed by atoms with E-state index in [9.17, 15) is 0 Å². The Balaban J connectivity index is 1.39. The minimum atomic E-state index is 0.588. The summed E-state index contributed by atoms with van der Waals surface area (Å²) in [6.07, 6.45) is 0. The molecular weight excluding hydrogens is 423 g/mol. The summed E-state index contributed by atoms with van der Waals surface area (Å²) >= 11 is 13.9. The molecule has 4 rings (SSSR count). The first-order chi connectivity index (χ1) is 14.2. The lowest BCUT2D eigenvalue weighted by molar-refractivity contribution is 0.482. The molecule has 0 unspecified atom stereocenters. The quantitative estimate of drug-likeness (QED) is 0.299. The standard InChI is InChI=1S/C24H16Cl2O2S/c25-21-5-1-3-7-23(21)27-17-9-13-19(14-10-17)29-20-15-11-18(12-16-20)28-24-8-4-2-6-22(24)26/h1-16H. The van der Waals surface area contributed by atoms with Crippen molar-refractivity contribution in [2.75, 3.05) is 0 Å². The average Bonchev–Trinajstić information content (AvgIpc) is 2.74. The summed E-state index contributed by atoms with van der Waals surface area (Å²) in [6, 6.07) is 30.6. The molecule has 0 N–H and O–H groups in total. The summed E-state index contributed by atoms with van der Waals surface area (Å²) in [7, 11) is 0. The van der Waals surface area contributed by atoms with Crippen molar-refractivity contribution >= 4 is 35.0 Å². The molecule has 0 saturated carbocycles. The molecule has 0 aromatic heterocycles. The van der Waals surface area contributed by atoms with E-state index < -0.39 is 0 Å². The van der Waals surface area contributed by atoms with Crippen LogP contribution in [0.25, 0.3) is 0 Å². The number of ether oxygens (including phenoxy) is 2. The highest BCUT2D eigenvalue weighted by atomic mass is 35.5. The molecule has 0 aliphatic carbocycles. The maximum absolute atomic E-state index is 6.14. The first-order valence-corrected chi connectivity index (χ1v) is 10.5. The lowest BCUT2D eigenvalue weighted by Gasteiger charge is -2.09. The molecule has 5 heteroatoms. The van der Waals surface area contributed by atoms with E-state index >= 15 is 0 Å². The summed E-state index contributed by atoms with van der Waals surface area (Å²) in [5.74, 6) is 2.77. The molecule has 0 aliphatic heterocycles. The van der Waals surface area contributed by atoms with Crippen molar-refractivity contribution in [3.05, 3.63) is 107 Å². The third-order valence-corrected chi connectivity index (χ3v) is 5.65. The van der Waals surface area contributed by atoms with Crippen molar-refractivity contribution in [1.82, 2.24) is 0 Å². The Labute approximate surface area is 184 Å². The smallest absolute Gasteiger partial charge is 0.146 e. The van der Waals surface area contributed by atoms with Crippen LogP contribution in [0, 0.1) is 0 Å². The highest BCUT2D eigenvalue weighted by molar-refractivity contribution is 7.99. The fraction of sp³-hybridized carbons (Fsp3) is 0. The molecule has 0 heterocycles. The number of hydrogen-bond donors (Lipinski definition) is 0. The van der Waals surface area contributed by atoms with Gasteiger partial charge in [-0.2, -0.15) is 0 Å². The van der Waals surface area contributed by atoms with Crippen LogP contribution in [0.15, 0.2) is 107 Å². The van der Waals surface area contributed by atoms with Crippen molar-refractivity contribution in [2.24, 2.45) is 0 Å². The molecule has 0 saturated heterocycles. The van der Waals surface area contributed by atoms with Gasteiger partial charge in [0, 0.05) is 9.79 Å². The van der Waals surface area contributed by atoms with Crippen LogP contribution in [0.3, 0.4) is 0 Å². The van der Waals surface area contributed by atoms with Crippen LogP contribution < -0.4 is 9.47 Å². The van der Waals surface area contributed by atoms with Gasteiger partial charge in [-0.3, -0.25) is 0 Å². The normalized spacial score (nSPS) is 10.6. The molecular formula is C24H16Cl2O2S. The second-order valence-corrected chi connectivity index (χ2v) is 8.07. The van der Waals surface area contributed by atoms with E-state index in [0.29, 0.717) is 21.5 Å². The maximum atomic E-state index is 6.14. The Morgan fingerprint density at radius 3 is 1.24 bits per heavy atom. The van der Waals surface area contributed by atoms with Gasteiger partial charge in [-0.05, 0) is 72.8 Å². The zero-order chi connectivity index (χ0) is 20.1. The Morgan fingerprint density at radius 2 is 0.862 bits per heavy atom. The fourth-order valence-corrected chi connectivity index (χ4v) is 3.76. The molecule has 0 aliphatic rings. The Morgan fingerprint density at radius 1 is 0.483 bits per heavy atom. The largest absolute Gasteiger partial charge is 0.456 e. The van der Waals surface area contributed by atoms with Gasteiger partial charge in [0.05, 0.1) is 10.0 Å². The summed E-state index contributed by atoms with van der Waals surface area (Å²) in [5.41, 5.74) is 0. The summed E-state index contributed by atoms with van der Waals surface area (Å²) in [4.78, 5) is 2.22. The van der Waals surface area contributed by atoms with Crippen LogP contribution in [0.5, 0.6) is 23.0 Å². The van der Waals surface area contributed by atoms with Gasteiger partial charge in [0.2, 0.25) is 0 Å². The van der Waals surface area contributed by atoms with Crippen LogP contribution in [0.2, 0.25) is 10.0 Å². The number of halogens is 2. The molecule has 4 aromatic rings. The molecule has 0 spiro atoms. The fourth-order valence-electron chi connectivity index (χ4n) is 2.60. The van der Waals surface area contributed by atoms with Crippen molar-refractivity contribution in [3.63, 3.8) is 0 Å². The number of rotatable bonds is 6. The van der Waals surface area contributed by atoms with E-state index in [4.69, 9.17) is 32.7 Å². The molecule has 4 aromatic carbocycles. The van der Waals surface area contributed by atoms with Gasteiger partial charge in [0.15, 0.2) is 0 Å². The van der Waals surface area contributed by atoms with E-state index in [0.717, 1.165) is 21.3 Å². The van der Waals surface area contributed by atoms with Gasteiger partial charge >= 0.3 is 0 Å². The third kappa shape index (κ3) is 5.27. The first-order valence-electron chi connectivity index (χ1n) is 8.90. The second kappa shape index (κ2) is 9.27. The van der Waals surface area contributed by atoms with Crippen molar-refractivity contribution in [2.45, 2.75) is 9.79 Å². The molecule has 2 nitrogen and oxygen atoms in total. The monoisotopic (exact) mass is 438 g/mol. The molecule has 0 fully saturated rings. The van der Waals surface area contributed by atoms with E-state index in [-0.39, 0.29) is 0 Å².